The molecule has 0 saturated heterocycles. The third-order valence-electron chi connectivity index (χ3n) is 3.63. The zero-order valence-electron chi connectivity index (χ0n) is 13.9. The van der Waals surface area contributed by atoms with E-state index in [1.54, 1.807) is 38.5 Å². The van der Waals surface area contributed by atoms with Gasteiger partial charge < -0.3 is 20.1 Å². The third-order valence-corrected chi connectivity index (χ3v) is 3.88. The maximum Gasteiger partial charge on any atom is 0.319 e. The van der Waals surface area contributed by atoms with Crippen LogP contribution in [-0.4, -0.2) is 20.3 Å². The van der Waals surface area contributed by atoms with E-state index in [0.29, 0.717) is 22.2 Å². The molecule has 2 aromatic rings. The van der Waals surface area contributed by atoms with Gasteiger partial charge in [0.05, 0.1) is 20.3 Å². The Morgan fingerprint density at radius 2 is 1.75 bits per heavy atom. The lowest BCUT2D eigenvalue weighted by Gasteiger charge is -2.19. The highest BCUT2D eigenvalue weighted by Gasteiger charge is 2.15. The molecule has 0 saturated carbocycles. The van der Waals surface area contributed by atoms with E-state index in [0.717, 1.165) is 12.0 Å². The average Bonchev–Trinajstić information content (AvgIpc) is 2.61. The van der Waals surface area contributed by atoms with E-state index < -0.39 is 0 Å². The fourth-order valence-corrected chi connectivity index (χ4v) is 2.48. The summed E-state index contributed by atoms with van der Waals surface area (Å²) in [5.74, 6) is 1.29. The first-order chi connectivity index (χ1) is 11.6. The van der Waals surface area contributed by atoms with Crippen molar-refractivity contribution < 1.29 is 14.3 Å². The Morgan fingerprint density at radius 3 is 2.33 bits per heavy atom. The number of amides is 2. The second-order valence-corrected chi connectivity index (χ2v) is 5.62. The number of hydrogen-bond donors (Lipinski definition) is 2. The maximum atomic E-state index is 12.2. The van der Waals surface area contributed by atoms with E-state index in [-0.39, 0.29) is 12.1 Å². The molecular formula is C18H21ClN2O3. The lowest BCUT2D eigenvalue weighted by atomic mass is 10.0. The average molecular weight is 349 g/mol. The molecule has 1 atom stereocenters. The molecule has 5 nitrogen and oxygen atoms in total. The molecule has 0 fully saturated rings. The molecule has 6 heteroatoms. The van der Waals surface area contributed by atoms with E-state index >= 15 is 0 Å². The number of hydrogen-bond acceptors (Lipinski definition) is 3. The van der Waals surface area contributed by atoms with Crippen LogP contribution in [0.5, 0.6) is 11.5 Å². The molecular weight excluding hydrogens is 328 g/mol. The highest BCUT2D eigenvalue weighted by Crippen LogP contribution is 2.30. The predicted octanol–water partition coefficient (Wildman–Crippen LogP) is 4.63. The van der Waals surface area contributed by atoms with Gasteiger partial charge in [0.1, 0.15) is 0 Å². The molecule has 0 aliphatic carbocycles. The number of benzene rings is 2. The summed E-state index contributed by atoms with van der Waals surface area (Å²) in [7, 11) is 3.18. The van der Waals surface area contributed by atoms with Crippen LogP contribution in [0.2, 0.25) is 5.02 Å². The molecule has 0 radical (unpaired) electrons. The Morgan fingerprint density at radius 1 is 1.08 bits per heavy atom. The first kappa shape index (κ1) is 17.9. The van der Waals surface area contributed by atoms with Gasteiger partial charge in [-0.1, -0.05) is 24.6 Å². The summed E-state index contributed by atoms with van der Waals surface area (Å²) in [6.45, 7) is 2.00. The molecule has 0 heterocycles. The number of nitrogens with one attached hydrogen (secondary N) is 2. The molecule has 2 rings (SSSR count). The highest BCUT2D eigenvalue weighted by atomic mass is 35.5. The van der Waals surface area contributed by atoms with Crippen LogP contribution < -0.4 is 20.1 Å². The summed E-state index contributed by atoms with van der Waals surface area (Å²) in [5, 5.41) is 6.37. The largest absolute Gasteiger partial charge is 0.493 e. The molecule has 0 aliphatic rings. The number of methoxy groups -OCH3 is 2. The molecule has 0 aliphatic heterocycles. The van der Waals surface area contributed by atoms with Crippen molar-refractivity contribution in [3.05, 3.63) is 53.1 Å². The summed E-state index contributed by atoms with van der Waals surface area (Å²) >= 11 is 5.84. The first-order valence-corrected chi connectivity index (χ1v) is 8.00. The predicted molar refractivity (Wildman–Crippen MR) is 96.2 cm³/mol. The third kappa shape index (κ3) is 4.55. The van der Waals surface area contributed by atoms with Gasteiger partial charge in [-0.15, -0.1) is 0 Å². The van der Waals surface area contributed by atoms with Gasteiger partial charge in [0.2, 0.25) is 0 Å². The summed E-state index contributed by atoms with van der Waals surface area (Å²) < 4.78 is 10.6. The van der Waals surface area contributed by atoms with Crippen molar-refractivity contribution in [1.82, 2.24) is 5.32 Å². The molecule has 0 bridgehead atoms. The van der Waals surface area contributed by atoms with Crippen molar-refractivity contribution in [1.29, 1.82) is 0 Å². The monoisotopic (exact) mass is 348 g/mol. The number of carbonyl (C=O) groups excluding carboxylic acids is 1. The number of ether oxygens (including phenoxy) is 2. The zero-order valence-corrected chi connectivity index (χ0v) is 14.7. The minimum atomic E-state index is -0.279. The molecule has 24 heavy (non-hydrogen) atoms. The van der Waals surface area contributed by atoms with Crippen LogP contribution >= 0.6 is 11.6 Å². The fraction of sp³-hybridized carbons (Fsp3) is 0.278. The molecule has 128 valence electrons. The van der Waals surface area contributed by atoms with Crippen molar-refractivity contribution in [3.8, 4) is 11.5 Å². The van der Waals surface area contributed by atoms with Crippen LogP contribution in [0.3, 0.4) is 0 Å². The van der Waals surface area contributed by atoms with Gasteiger partial charge in [0.15, 0.2) is 11.5 Å². The van der Waals surface area contributed by atoms with Crippen LogP contribution in [0, 0.1) is 0 Å². The normalized spacial score (nSPS) is 11.5. The Labute approximate surface area is 146 Å². The number of urea groups is 1. The van der Waals surface area contributed by atoms with Crippen molar-refractivity contribution in [2.75, 3.05) is 19.5 Å². The number of halogens is 1. The van der Waals surface area contributed by atoms with Crippen LogP contribution in [0.25, 0.3) is 0 Å². The van der Waals surface area contributed by atoms with Gasteiger partial charge in [-0.3, -0.25) is 0 Å². The number of rotatable bonds is 6. The maximum absolute atomic E-state index is 12.2. The van der Waals surface area contributed by atoms with Crippen molar-refractivity contribution in [3.63, 3.8) is 0 Å². The smallest absolute Gasteiger partial charge is 0.319 e. The van der Waals surface area contributed by atoms with Gasteiger partial charge >= 0.3 is 6.03 Å². The van der Waals surface area contributed by atoms with E-state index in [1.165, 1.54) is 0 Å². The molecule has 0 spiro atoms. The molecule has 1 unspecified atom stereocenters. The second-order valence-electron chi connectivity index (χ2n) is 5.18. The fourth-order valence-electron chi connectivity index (χ4n) is 2.35. The zero-order chi connectivity index (χ0) is 17.5. The molecule has 0 aromatic heterocycles. The van der Waals surface area contributed by atoms with E-state index in [4.69, 9.17) is 21.1 Å². The standard InChI is InChI=1S/C18H21ClN2O3/c1-4-15(12-5-10-16(23-2)17(11-12)24-3)21-18(22)20-14-8-6-13(19)7-9-14/h5-11,15H,4H2,1-3H3,(H2,20,21,22). The van der Waals surface area contributed by atoms with Crippen LogP contribution in [0.1, 0.15) is 24.9 Å². The van der Waals surface area contributed by atoms with E-state index in [9.17, 15) is 4.79 Å². The molecule has 2 aromatic carbocycles. The highest BCUT2D eigenvalue weighted by molar-refractivity contribution is 6.30. The van der Waals surface area contributed by atoms with E-state index in [1.807, 2.05) is 25.1 Å². The van der Waals surface area contributed by atoms with Crippen LogP contribution in [0.4, 0.5) is 10.5 Å². The minimum absolute atomic E-state index is 0.142. The Balaban J connectivity index is 2.08. The van der Waals surface area contributed by atoms with Gasteiger partial charge in [-0.25, -0.2) is 4.79 Å². The van der Waals surface area contributed by atoms with Crippen molar-refractivity contribution in [2.45, 2.75) is 19.4 Å². The van der Waals surface area contributed by atoms with Crippen LogP contribution in [-0.2, 0) is 0 Å². The van der Waals surface area contributed by atoms with Crippen molar-refractivity contribution >= 4 is 23.3 Å². The van der Waals surface area contributed by atoms with Crippen LogP contribution in [0.15, 0.2) is 42.5 Å². The van der Waals surface area contributed by atoms with Crippen molar-refractivity contribution in [2.24, 2.45) is 0 Å². The number of anilines is 1. The van der Waals surface area contributed by atoms with E-state index in [2.05, 4.69) is 10.6 Å². The quantitative estimate of drug-likeness (QED) is 0.800. The summed E-state index contributed by atoms with van der Waals surface area (Å²) in [6, 6.07) is 12.1. The molecule has 2 amide bonds. The summed E-state index contributed by atoms with van der Waals surface area (Å²) in [4.78, 5) is 12.2. The summed E-state index contributed by atoms with van der Waals surface area (Å²) in [6.07, 6.45) is 0.740. The Hall–Kier alpha value is -2.40. The Kier molecular flexibility index (Phi) is 6.32. The topological polar surface area (TPSA) is 59.6 Å². The summed E-state index contributed by atoms with van der Waals surface area (Å²) in [5.41, 5.74) is 1.63. The number of carbonyl (C=O) groups is 1. The second kappa shape index (κ2) is 8.45. The van der Waals surface area contributed by atoms with Gasteiger partial charge in [-0.2, -0.15) is 0 Å². The molecule has 2 N–H and O–H groups in total. The van der Waals surface area contributed by atoms with Gasteiger partial charge in [0, 0.05) is 10.7 Å². The van der Waals surface area contributed by atoms with Gasteiger partial charge in [0.25, 0.3) is 0 Å². The minimum Gasteiger partial charge on any atom is -0.493 e. The van der Waals surface area contributed by atoms with Gasteiger partial charge in [-0.05, 0) is 48.4 Å². The Bertz CT molecular complexity index is 689. The lowest BCUT2D eigenvalue weighted by Crippen LogP contribution is -2.32. The SMILES string of the molecule is CCC(NC(=O)Nc1ccc(Cl)cc1)c1ccc(OC)c(OC)c1. The first-order valence-electron chi connectivity index (χ1n) is 7.62. The lowest BCUT2D eigenvalue weighted by molar-refractivity contribution is 0.248.